The van der Waals surface area contributed by atoms with E-state index < -0.39 is 0 Å². The molecule has 2 heterocycles. The van der Waals surface area contributed by atoms with E-state index >= 15 is 0 Å². The monoisotopic (exact) mass is 263 g/mol. The Kier molecular flexibility index (Phi) is 3.05. The van der Waals surface area contributed by atoms with Gasteiger partial charge in [0.25, 0.3) is 0 Å². The summed E-state index contributed by atoms with van der Waals surface area (Å²) in [5.74, 6) is 2.05. The average molecular weight is 263 g/mol. The lowest BCUT2D eigenvalue weighted by atomic mass is 9.75. The van der Waals surface area contributed by atoms with E-state index in [2.05, 4.69) is 14.8 Å². The Bertz CT molecular complexity index is 491. The molecule has 2 N–H and O–H groups in total. The maximum Gasteiger partial charge on any atom is 0.224 e. The zero-order valence-corrected chi connectivity index (χ0v) is 11.4. The Morgan fingerprint density at radius 3 is 2.89 bits per heavy atom. The van der Waals surface area contributed by atoms with Crippen LogP contribution in [0.2, 0.25) is 0 Å². The second-order valence-electron chi connectivity index (χ2n) is 5.93. The van der Waals surface area contributed by atoms with E-state index in [0.717, 1.165) is 50.3 Å². The van der Waals surface area contributed by atoms with Crippen molar-refractivity contribution in [3.05, 3.63) is 11.6 Å². The van der Waals surface area contributed by atoms with Gasteiger partial charge in [-0.3, -0.25) is 4.79 Å². The Labute approximate surface area is 113 Å². The van der Waals surface area contributed by atoms with Crippen LogP contribution in [0.5, 0.6) is 0 Å². The van der Waals surface area contributed by atoms with Crippen LogP contribution < -0.4 is 5.73 Å². The summed E-state index contributed by atoms with van der Waals surface area (Å²) < 4.78 is 2.13. The highest BCUT2D eigenvalue weighted by molar-refractivity contribution is 5.77. The standard InChI is InChI=1S/C13H21N5O/c1-17(12(19)8-13(14)5-3-6-13)9-11-16-15-10-4-2-7-18(10)11/h2-9,14H2,1H3. The van der Waals surface area contributed by atoms with Gasteiger partial charge in [0.15, 0.2) is 5.82 Å². The van der Waals surface area contributed by atoms with Gasteiger partial charge in [-0.05, 0) is 25.7 Å². The van der Waals surface area contributed by atoms with Gasteiger partial charge < -0.3 is 15.2 Å². The summed E-state index contributed by atoms with van der Waals surface area (Å²) in [6.07, 6.45) is 5.65. The fourth-order valence-electron chi connectivity index (χ4n) is 2.87. The molecule has 6 heteroatoms. The molecule has 0 radical (unpaired) electrons. The zero-order valence-electron chi connectivity index (χ0n) is 11.4. The molecule has 19 heavy (non-hydrogen) atoms. The molecule has 2 aliphatic rings. The largest absolute Gasteiger partial charge is 0.338 e. The second-order valence-corrected chi connectivity index (χ2v) is 5.93. The van der Waals surface area contributed by atoms with Gasteiger partial charge in [0.05, 0.1) is 6.54 Å². The first-order valence-electron chi connectivity index (χ1n) is 7.01. The lowest BCUT2D eigenvalue weighted by Gasteiger charge is -2.38. The summed E-state index contributed by atoms with van der Waals surface area (Å²) in [7, 11) is 1.82. The van der Waals surface area contributed by atoms with Gasteiger partial charge in [-0.15, -0.1) is 10.2 Å². The molecular formula is C13H21N5O. The predicted octanol–water partition coefficient (Wildman–Crippen LogP) is 0.454. The Morgan fingerprint density at radius 1 is 1.42 bits per heavy atom. The first-order chi connectivity index (χ1) is 9.07. The van der Waals surface area contributed by atoms with E-state index in [1.54, 1.807) is 4.90 Å². The van der Waals surface area contributed by atoms with E-state index in [1.165, 1.54) is 0 Å². The lowest BCUT2D eigenvalue weighted by Crippen LogP contribution is -2.50. The van der Waals surface area contributed by atoms with Crippen LogP contribution in [0.25, 0.3) is 0 Å². The normalized spacial score (nSPS) is 19.9. The minimum absolute atomic E-state index is 0.109. The summed E-state index contributed by atoms with van der Waals surface area (Å²) in [6.45, 7) is 1.50. The molecule has 1 aromatic rings. The zero-order chi connectivity index (χ0) is 13.5. The lowest BCUT2D eigenvalue weighted by molar-refractivity contribution is -0.132. The SMILES string of the molecule is CN(Cc1nnc2n1CCC2)C(=O)CC1(N)CCC1. The van der Waals surface area contributed by atoms with E-state index in [4.69, 9.17) is 5.73 Å². The number of carbonyl (C=O) groups is 1. The predicted molar refractivity (Wildman–Crippen MR) is 70.2 cm³/mol. The molecule has 1 aliphatic carbocycles. The van der Waals surface area contributed by atoms with Crippen molar-refractivity contribution in [2.75, 3.05) is 7.05 Å². The number of fused-ring (bicyclic) bond motifs is 1. The van der Waals surface area contributed by atoms with Crippen LogP contribution in [-0.4, -0.2) is 38.2 Å². The molecule has 0 aromatic carbocycles. The number of carbonyl (C=O) groups excluding carboxylic acids is 1. The van der Waals surface area contributed by atoms with E-state index in [-0.39, 0.29) is 11.4 Å². The minimum Gasteiger partial charge on any atom is -0.338 e. The third-order valence-corrected chi connectivity index (χ3v) is 4.34. The van der Waals surface area contributed by atoms with E-state index in [9.17, 15) is 4.79 Å². The third kappa shape index (κ3) is 2.36. The number of hydrogen-bond donors (Lipinski definition) is 1. The maximum atomic E-state index is 12.2. The third-order valence-electron chi connectivity index (χ3n) is 4.34. The second kappa shape index (κ2) is 4.59. The van der Waals surface area contributed by atoms with E-state index in [1.807, 2.05) is 7.05 Å². The van der Waals surface area contributed by atoms with Crippen LogP contribution >= 0.6 is 0 Å². The Morgan fingerprint density at radius 2 is 2.21 bits per heavy atom. The molecule has 1 amide bonds. The van der Waals surface area contributed by atoms with Gasteiger partial charge in [0.2, 0.25) is 5.91 Å². The highest BCUT2D eigenvalue weighted by atomic mass is 16.2. The van der Waals surface area contributed by atoms with Crippen molar-refractivity contribution in [2.24, 2.45) is 5.73 Å². The molecule has 3 rings (SSSR count). The van der Waals surface area contributed by atoms with E-state index in [0.29, 0.717) is 13.0 Å². The van der Waals surface area contributed by atoms with Crippen LogP contribution in [-0.2, 0) is 24.3 Å². The van der Waals surface area contributed by atoms with Crippen LogP contribution in [0.3, 0.4) is 0 Å². The number of aromatic nitrogens is 3. The molecule has 0 unspecified atom stereocenters. The summed E-state index contributed by atoms with van der Waals surface area (Å²) in [6, 6.07) is 0. The van der Waals surface area contributed by atoms with Gasteiger partial charge in [0.1, 0.15) is 5.82 Å². The van der Waals surface area contributed by atoms with Gasteiger partial charge in [-0.2, -0.15) is 0 Å². The number of rotatable bonds is 4. The van der Waals surface area contributed by atoms with Crippen LogP contribution in [0.1, 0.15) is 43.8 Å². The van der Waals surface area contributed by atoms with Crippen molar-refractivity contribution in [1.29, 1.82) is 0 Å². The number of amides is 1. The molecule has 0 spiro atoms. The molecule has 1 fully saturated rings. The molecule has 1 aromatic heterocycles. The van der Waals surface area contributed by atoms with Crippen molar-refractivity contribution in [1.82, 2.24) is 19.7 Å². The van der Waals surface area contributed by atoms with Crippen molar-refractivity contribution in [3.8, 4) is 0 Å². The fourth-order valence-corrected chi connectivity index (χ4v) is 2.87. The summed E-state index contributed by atoms with van der Waals surface area (Å²) in [5.41, 5.74) is 5.87. The van der Waals surface area contributed by atoms with Crippen LogP contribution in [0.4, 0.5) is 0 Å². The molecule has 0 bridgehead atoms. The summed E-state index contributed by atoms with van der Waals surface area (Å²) >= 11 is 0. The quantitative estimate of drug-likeness (QED) is 0.856. The van der Waals surface area contributed by atoms with Gasteiger partial charge in [-0.25, -0.2) is 0 Å². The number of hydrogen-bond acceptors (Lipinski definition) is 4. The molecule has 1 aliphatic heterocycles. The molecule has 1 saturated carbocycles. The Balaban J connectivity index is 1.61. The molecule has 104 valence electrons. The first kappa shape index (κ1) is 12.6. The van der Waals surface area contributed by atoms with Crippen LogP contribution in [0.15, 0.2) is 0 Å². The maximum absolute atomic E-state index is 12.2. The summed E-state index contributed by atoms with van der Waals surface area (Å²) in [4.78, 5) is 13.9. The van der Waals surface area contributed by atoms with Gasteiger partial charge in [-0.1, -0.05) is 0 Å². The van der Waals surface area contributed by atoms with Crippen molar-refractivity contribution >= 4 is 5.91 Å². The number of nitrogens with two attached hydrogens (primary N) is 1. The molecular weight excluding hydrogens is 242 g/mol. The highest BCUT2D eigenvalue weighted by Gasteiger charge is 2.35. The average Bonchev–Trinajstić information content (AvgIpc) is 2.91. The topological polar surface area (TPSA) is 77.0 Å². The van der Waals surface area contributed by atoms with Crippen molar-refractivity contribution in [2.45, 2.75) is 57.2 Å². The smallest absolute Gasteiger partial charge is 0.224 e. The first-order valence-corrected chi connectivity index (χ1v) is 7.01. The van der Waals surface area contributed by atoms with Crippen molar-refractivity contribution < 1.29 is 4.79 Å². The van der Waals surface area contributed by atoms with Crippen molar-refractivity contribution in [3.63, 3.8) is 0 Å². The Hall–Kier alpha value is -1.43. The fraction of sp³-hybridized carbons (Fsp3) is 0.769. The number of nitrogens with zero attached hydrogens (tertiary/aromatic N) is 4. The molecule has 0 saturated heterocycles. The highest BCUT2D eigenvalue weighted by Crippen LogP contribution is 2.32. The molecule has 0 atom stereocenters. The van der Waals surface area contributed by atoms with Crippen LogP contribution in [0, 0.1) is 0 Å². The summed E-state index contributed by atoms with van der Waals surface area (Å²) in [5, 5.41) is 8.34. The molecule has 6 nitrogen and oxygen atoms in total. The minimum atomic E-state index is -0.252. The van der Waals surface area contributed by atoms with Gasteiger partial charge in [0, 0.05) is 32.0 Å². The number of aryl methyl sites for hydroxylation is 1. The van der Waals surface area contributed by atoms with Gasteiger partial charge >= 0.3 is 0 Å².